The molecule has 4 N–H and O–H groups in total. The second kappa shape index (κ2) is 8.57. The van der Waals surface area contributed by atoms with E-state index in [0.29, 0.717) is 30.2 Å². The summed E-state index contributed by atoms with van der Waals surface area (Å²) in [5, 5.41) is 5.64. The summed E-state index contributed by atoms with van der Waals surface area (Å²) < 4.78 is 5.26. The van der Waals surface area contributed by atoms with Crippen LogP contribution >= 0.6 is 0 Å². The van der Waals surface area contributed by atoms with Crippen LogP contribution in [0.25, 0.3) is 0 Å². The van der Waals surface area contributed by atoms with Crippen molar-refractivity contribution in [3.63, 3.8) is 0 Å². The zero-order valence-corrected chi connectivity index (χ0v) is 13.9. The van der Waals surface area contributed by atoms with Crippen LogP contribution in [0.4, 0.5) is 5.69 Å². The van der Waals surface area contributed by atoms with Crippen LogP contribution in [0.3, 0.4) is 0 Å². The highest BCUT2D eigenvalue weighted by Crippen LogP contribution is 2.22. The highest BCUT2D eigenvalue weighted by atomic mass is 16.5. The molecule has 1 amide bonds. The number of methoxy groups -OCH3 is 1. The van der Waals surface area contributed by atoms with Gasteiger partial charge in [-0.05, 0) is 36.2 Å². The number of hydrogen-bond acceptors (Lipinski definition) is 3. The van der Waals surface area contributed by atoms with Gasteiger partial charge in [0.1, 0.15) is 5.75 Å². The van der Waals surface area contributed by atoms with E-state index in [9.17, 15) is 4.79 Å². The fourth-order valence-corrected chi connectivity index (χ4v) is 2.24. The summed E-state index contributed by atoms with van der Waals surface area (Å²) in [4.78, 5) is 15.9. The van der Waals surface area contributed by atoms with E-state index in [1.807, 2.05) is 42.5 Å². The SMILES string of the molecule is CNC(=O)c1cccc(CCN=C(N)Nc2ccccc2OC)c1. The molecule has 0 aromatic heterocycles. The second-order valence-corrected chi connectivity index (χ2v) is 5.12. The molecule has 0 saturated carbocycles. The van der Waals surface area contributed by atoms with Gasteiger partial charge in [-0.1, -0.05) is 24.3 Å². The molecule has 2 aromatic rings. The molecule has 0 aliphatic rings. The minimum Gasteiger partial charge on any atom is -0.495 e. The van der Waals surface area contributed by atoms with Gasteiger partial charge in [0.2, 0.25) is 0 Å². The molecule has 0 fully saturated rings. The average molecular weight is 326 g/mol. The Hall–Kier alpha value is -3.02. The van der Waals surface area contributed by atoms with Crippen molar-refractivity contribution in [2.24, 2.45) is 10.7 Å². The van der Waals surface area contributed by atoms with E-state index < -0.39 is 0 Å². The average Bonchev–Trinajstić information content (AvgIpc) is 2.61. The molecule has 2 rings (SSSR count). The number of ether oxygens (including phenoxy) is 1. The highest BCUT2D eigenvalue weighted by molar-refractivity contribution is 5.94. The molecule has 0 aliphatic carbocycles. The number of para-hydroxylation sites is 2. The molecular formula is C18H22N4O2. The maximum Gasteiger partial charge on any atom is 0.251 e. The van der Waals surface area contributed by atoms with Gasteiger partial charge < -0.3 is 21.1 Å². The summed E-state index contributed by atoms with van der Waals surface area (Å²) in [5.41, 5.74) is 8.35. The van der Waals surface area contributed by atoms with Crippen molar-refractivity contribution >= 4 is 17.6 Å². The van der Waals surface area contributed by atoms with Crippen molar-refractivity contribution in [2.75, 3.05) is 26.0 Å². The third kappa shape index (κ3) is 4.74. The van der Waals surface area contributed by atoms with Crippen LogP contribution < -0.4 is 21.1 Å². The summed E-state index contributed by atoms with van der Waals surface area (Å²) in [5.74, 6) is 0.925. The number of carbonyl (C=O) groups excluding carboxylic acids is 1. The predicted octanol–water partition coefficient (Wildman–Crippen LogP) is 2.02. The van der Waals surface area contributed by atoms with Gasteiger partial charge >= 0.3 is 0 Å². The van der Waals surface area contributed by atoms with Crippen LogP contribution in [0.2, 0.25) is 0 Å². The number of nitrogens with one attached hydrogen (secondary N) is 2. The Morgan fingerprint density at radius 2 is 2.00 bits per heavy atom. The molecule has 24 heavy (non-hydrogen) atoms. The van der Waals surface area contributed by atoms with E-state index >= 15 is 0 Å². The van der Waals surface area contributed by atoms with E-state index in [1.165, 1.54) is 0 Å². The second-order valence-electron chi connectivity index (χ2n) is 5.12. The fourth-order valence-electron chi connectivity index (χ4n) is 2.24. The van der Waals surface area contributed by atoms with Crippen molar-refractivity contribution in [1.29, 1.82) is 0 Å². The van der Waals surface area contributed by atoms with E-state index in [4.69, 9.17) is 10.5 Å². The smallest absolute Gasteiger partial charge is 0.251 e. The van der Waals surface area contributed by atoms with Crippen LogP contribution in [0, 0.1) is 0 Å². The molecule has 0 aliphatic heterocycles. The van der Waals surface area contributed by atoms with Gasteiger partial charge in [-0.15, -0.1) is 0 Å². The Morgan fingerprint density at radius 1 is 1.21 bits per heavy atom. The topological polar surface area (TPSA) is 88.7 Å². The summed E-state index contributed by atoms with van der Waals surface area (Å²) in [6, 6.07) is 15.0. The first kappa shape index (κ1) is 17.3. The number of amides is 1. The zero-order chi connectivity index (χ0) is 17.4. The van der Waals surface area contributed by atoms with Gasteiger partial charge in [0, 0.05) is 19.2 Å². The largest absolute Gasteiger partial charge is 0.495 e. The number of rotatable bonds is 6. The fraction of sp³-hybridized carbons (Fsp3) is 0.222. The maximum absolute atomic E-state index is 11.6. The standard InChI is InChI=1S/C18H22N4O2/c1-20-17(23)14-7-5-6-13(12-14)10-11-21-18(19)22-15-8-3-4-9-16(15)24-2/h3-9,12H,10-11H2,1-2H3,(H,20,23)(H3,19,21,22). The number of aliphatic imine (C=N–C) groups is 1. The summed E-state index contributed by atoms with van der Waals surface area (Å²) >= 11 is 0. The number of hydrogen-bond donors (Lipinski definition) is 3. The van der Waals surface area contributed by atoms with Gasteiger partial charge in [0.05, 0.1) is 12.8 Å². The molecular weight excluding hydrogens is 304 g/mol. The van der Waals surface area contributed by atoms with Crippen LogP contribution in [-0.2, 0) is 6.42 Å². The van der Waals surface area contributed by atoms with Gasteiger partial charge in [0.25, 0.3) is 5.91 Å². The molecule has 126 valence electrons. The number of benzene rings is 2. The van der Waals surface area contributed by atoms with Gasteiger partial charge in [-0.2, -0.15) is 0 Å². The van der Waals surface area contributed by atoms with Crippen LogP contribution in [0.15, 0.2) is 53.5 Å². The van der Waals surface area contributed by atoms with Crippen molar-refractivity contribution in [3.05, 3.63) is 59.7 Å². The number of carbonyl (C=O) groups is 1. The third-order valence-corrected chi connectivity index (χ3v) is 3.47. The molecule has 0 saturated heterocycles. The Labute approximate surface area is 141 Å². The number of nitrogens with two attached hydrogens (primary N) is 1. The van der Waals surface area contributed by atoms with Crippen molar-refractivity contribution in [3.8, 4) is 5.75 Å². The first-order valence-electron chi connectivity index (χ1n) is 7.65. The lowest BCUT2D eigenvalue weighted by atomic mass is 10.1. The molecule has 0 atom stereocenters. The van der Waals surface area contributed by atoms with E-state index in [1.54, 1.807) is 20.2 Å². The lowest BCUT2D eigenvalue weighted by molar-refractivity contribution is 0.0963. The molecule has 6 nitrogen and oxygen atoms in total. The third-order valence-electron chi connectivity index (χ3n) is 3.47. The number of guanidine groups is 1. The van der Waals surface area contributed by atoms with E-state index in [2.05, 4.69) is 15.6 Å². The van der Waals surface area contributed by atoms with Crippen molar-refractivity contribution in [1.82, 2.24) is 5.32 Å². The van der Waals surface area contributed by atoms with E-state index in [-0.39, 0.29) is 5.91 Å². The number of nitrogens with zero attached hydrogens (tertiary/aromatic N) is 1. The Bertz CT molecular complexity index is 728. The van der Waals surface area contributed by atoms with Gasteiger partial charge in [0.15, 0.2) is 5.96 Å². The molecule has 0 bridgehead atoms. The Kier molecular flexibility index (Phi) is 6.19. The molecule has 2 aromatic carbocycles. The van der Waals surface area contributed by atoms with Gasteiger partial charge in [-0.3, -0.25) is 9.79 Å². The molecule has 0 unspecified atom stereocenters. The maximum atomic E-state index is 11.6. The normalized spacial score (nSPS) is 11.0. The molecule has 0 radical (unpaired) electrons. The first-order valence-corrected chi connectivity index (χ1v) is 7.65. The summed E-state index contributed by atoms with van der Waals surface area (Å²) in [7, 11) is 3.22. The quantitative estimate of drug-likeness (QED) is 0.560. The van der Waals surface area contributed by atoms with Crippen LogP contribution in [0.1, 0.15) is 15.9 Å². The highest BCUT2D eigenvalue weighted by Gasteiger charge is 2.04. The van der Waals surface area contributed by atoms with Gasteiger partial charge in [-0.25, -0.2) is 0 Å². The van der Waals surface area contributed by atoms with Crippen molar-refractivity contribution in [2.45, 2.75) is 6.42 Å². The van der Waals surface area contributed by atoms with E-state index in [0.717, 1.165) is 11.3 Å². The van der Waals surface area contributed by atoms with Crippen molar-refractivity contribution < 1.29 is 9.53 Å². The minimum absolute atomic E-state index is 0.0993. The monoisotopic (exact) mass is 326 g/mol. The zero-order valence-electron chi connectivity index (χ0n) is 13.9. The Balaban J connectivity index is 1.95. The lowest BCUT2D eigenvalue weighted by Gasteiger charge is -2.10. The van der Waals surface area contributed by atoms with Crippen LogP contribution in [-0.4, -0.2) is 32.6 Å². The first-order chi connectivity index (χ1) is 11.6. The van der Waals surface area contributed by atoms with Crippen LogP contribution in [0.5, 0.6) is 5.75 Å². The summed E-state index contributed by atoms with van der Waals surface area (Å²) in [6.07, 6.45) is 0.694. The lowest BCUT2D eigenvalue weighted by Crippen LogP contribution is -2.23. The molecule has 6 heteroatoms. The molecule has 0 heterocycles. The number of anilines is 1. The minimum atomic E-state index is -0.0993. The predicted molar refractivity (Wildman–Crippen MR) is 96.6 cm³/mol. The Morgan fingerprint density at radius 3 is 2.75 bits per heavy atom. The summed E-state index contributed by atoms with van der Waals surface area (Å²) in [6.45, 7) is 0.519. The molecule has 0 spiro atoms.